The second-order valence-electron chi connectivity index (χ2n) is 5.90. The summed E-state index contributed by atoms with van der Waals surface area (Å²) in [5.74, 6) is 0.368. The molecule has 0 fully saturated rings. The quantitative estimate of drug-likeness (QED) is 0.726. The van der Waals surface area contributed by atoms with Crippen molar-refractivity contribution >= 4 is 23.2 Å². The van der Waals surface area contributed by atoms with E-state index >= 15 is 0 Å². The number of anilines is 1. The van der Waals surface area contributed by atoms with Gasteiger partial charge < -0.3 is 4.90 Å². The number of fused-ring (bicyclic) bond motifs is 1. The van der Waals surface area contributed by atoms with Crippen molar-refractivity contribution in [1.82, 2.24) is 20.2 Å². The molecule has 1 aromatic heterocycles. The fraction of sp³-hybridized carbons (Fsp3) is 0.222. The summed E-state index contributed by atoms with van der Waals surface area (Å²) in [6.07, 6.45) is 1.95. The van der Waals surface area contributed by atoms with E-state index in [1.54, 1.807) is 11.0 Å². The number of para-hydroxylation sites is 1. The van der Waals surface area contributed by atoms with Gasteiger partial charge in [-0.05, 0) is 41.8 Å². The predicted molar refractivity (Wildman–Crippen MR) is 95.4 cm³/mol. The van der Waals surface area contributed by atoms with Crippen LogP contribution in [0.4, 0.5) is 5.69 Å². The number of amides is 1. The van der Waals surface area contributed by atoms with Crippen LogP contribution in [-0.4, -0.2) is 32.7 Å². The van der Waals surface area contributed by atoms with E-state index in [4.69, 9.17) is 11.6 Å². The van der Waals surface area contributed by atoms with Crippen LogP contribution in [0.15, 0.2) is 48.5 Å². The van der Waals surface area contributed by atoms with Crippen molar-refractivity contribution in [3.05, 3.63) is 59.1 Å². The van der Waals surface area contributed by atoms with Crippen LogP contribution in [0.2, 0.25) is 5.02 Å². The Morgan fingerprint density at radius 1 is 1.12 bits per heavy atom. The Morgan fingerprint density at radius 2 is 1.92 bits per heavy atom. The molecule has 6 nitrogen and oxygen atoms in total. The summed E-state index contributed by atoms with van der Waals surface area (Å²) in [6.45, 7) is 0.758. The van der Waals surface area contributed by atoms with E-state index in [9.17, 15) is 4.79 Å². The highest BCUT2D eigenvalue weighted by Gasteiger charge is 2.23. The predicted octanol–water partition coefficient (Wildman–Crippen LogP) is 2.97. The molecule has 0 bridgehead atoms. The highest BCUT2D eigenvalue weighted by atomic mass is 35.5. The van der Waals surface area contributed by atoms with E-state index in [0.29, 0.717) is 23.0 Å². The van der Waals surface area contributed by atoms with Crippen molar-refractivity contribution in [1.29, 1.82) is 0 Å². The molecule has 1 aliphatic rings. The lowest BCUT2D eigenvalue weighted by molar-refractivity contribution is -0.119. The maximum atomic E-state index is 12.7. The van der Waals surface area contributed by atoms with Crippen molar-refractivity contribution in [2.75, 3.05) is 11.4 Å². The molecule has 25 heavy (non-hydrogen) atoms. The Hall–Kier alpha value is -2.73. The lowest BCUT2D eigenvalue weighted by Crippen LogP contribution is -2.38. The van der Waals surface area contributed by atoms with Crippen molar-refractivity contribution in [3.63, 3.8) is 0 Å². The molecule has 0 saturated heterocycles. The standard InChI is InChI=1S/C18H16ClN5O/c19-15-9-3-2-8-14(15)18-20-22-24(21-18)12-17(25)23-11-5-7-13-6-1-4-10-16(13)23/h1-4,6,8-10H,5,7,11-12H2. The largest absolute Gasteiger partial charge is 0.310 e. The molecule has 0 radical (unpaired) electrons. The van der Waals surface area contributed by atoms with Gasteiger partial charge in [0.05, 0.1) is 5.02 Å². The van der Waals surface area contributed by atoms with Crippen LogP contribution in [-0.2, 0) is 17.8 Å². The molecule has 126 valence electrons. The smallest absolute Gasteiger partial charge is 0.250 e. The first-order valence-electron chi connectivity index (χ1n) is 8.13. The number of rotatable bonds is 3. The third-order valence-electron chi connectivity index (χ3n) is 4.26. The number of nitrogens with zero attached hydrogens (tertiary/aromatic N) is 5. The maximum absolute atomic E-state index is 12.7. The molecule has 2 heterocycles. The summed E-state index contributed by atoms with van der Waals surface area (Å²) in [6, 6.07) is 15.3. The van der Waals surface area contributed by atoms with Crippen molar-refractivity contribution < 1.29 is 4.79 Å². The van der Waals surface area contributed by atoms with Crippen LogP contribution in [0, 0.1) is 0 Å². The van der Waals surface area contributed by atoms with Crippen LogP contribution < -0.4 is 4.90 Å². The average molecular weight is 354 g/mol. The summed E-state index contributed by atoms with van der Waals surface area (Å²) in [5, 5.41) is 12.9. The topological polar surface area (TPSA) is 63.9 Å². The number of aryl methyl sites for hydroxylation is 1. The van der Waals surface area contributed by atoms with Gasteiger partial charge in [-0.15, -0.1) is 10.2 Å². The van der Waals surface area contributed by atoms with Gasteiger partial charge in [-0.25, -0.2) is 0 Å². The molecular weight excluding hydrogens is 338 g/mol. The normalized spacial score (nSPS) is 13.6. The number of halogens is 1. The van der Waals surface area contributed by atoms with Crippen molar-refractivity contribution in [2.24, 2.45) is 0 Å². The van der Waals surface area contributed by atoms with Crippen molar-refractivity contribution in [2.45, 2.75) is 19.4 Å². The number of aromatic nitrogens is 4. The Labute approximate surface area is 150 Å². The van der Waals surface area contributed by atoms with E-state index in [1.165, 1.54) is 10.4 Å². The van der Waals surface area contributed by atoms with Crippen LogP contribution in [0.1, 0.15) is 12.0 Å². The van der Waals surface area contributed by atoms with Crippen LogP contribution in [0.25, 0.3) is 11.4 Å². The zero-order chi connectivity index (χ0) is 17.2. The van der Waals surface area contributed by atoms with Crippen molar-refractivity contribution in [3.8, 4) is 11.4 Å². The molecule has 0 unspecified atom stereocenters. The molecule has 1 amide bonds. The zero-order valence-electron chi connectivity index (χ0n) is 13.5. The Kier molecular flexibility index (Phi) is 4.19. The van der Waals surface area contributed by atoms with Gasteiger partial charge in [-0.1, -0.05) is 41.9 Å². The molecule has 0 atom stereocenters. The molecule has 0 spiro atoms. The molecule has 0 saturated carbocycles. The fourth-order valence-electron chi connectivity index (χ4n) is 3.06. The maximum Gasteiger partial charge on any atom is 0.250 e. The van der Waals surface area contributed by atoms with E-state index in [-0.39, 0.29) is 12.5 Å². The summed E-state index contributed by atoms with van der Waals surface area (Å²) in [5.41, 5.74) is 2.88. The molecule has 1 aliphatic heterocycles. The van der Waals surface area contributed by atoms with E-state index < -0.39 is 0 Å². The van der Waals surface area contributed by atoms with Crippen LogP contribution in [0.5, 0.6) is 0 Å². The van der Waals surface area contributed by atoms with Gasteiger partial charge in [0.25, 0.3) is 5.91 Å². The molecule has 4 rings (SSSR count). The highest BCUT2D eigenvalue weighted by molar-refractivity contribution is 6.33. The first-order chi connectivity index (χ1) is 12.2. The number of benzene rings is 2. The number of tetrazole rings is 1. The van der Waals surface area contributed by atoms with Crippen LogP contribution in [0.3, 0.4) is 0 Å². The lowest BCUT2D eigenvalue weighted by Gasteiger charge is -2.29. The first kappa shape index (κ1) is 15.8. The summed E-state index contributed by atoms with van der Waals surface area (Å²) in [4.78, 5) is 15.8. The van der Waals surface area contributed by atoms with Gasteiger partial charge in [0, 0.05) is 17.8 Å². The fourth-order valence-corrected chi connectivity index (χ4v) is 3.28. The average Bonchev–Trinajstić information content (AvgIpc) is 3.09. The molecule has 0 N–H and O–H groups in total. The number of hydrogen-bond acceptors (Lipinski definition) is 4. The molecule has 2 aromatic carbocycles. The lowest BCUT2D eigenvalue weighted by atomic mass is 10.0. The molecule has 7 heteroatoms. The minimum atomic E-state index is -0.0461. The van der Waals surface area contributed by atoms with Gasteiger partial charge in [0.1, 0.15) is 6.54 Å². The van der Waals surface area contributed by atoms with Gasteiger partial charge in [-0.2, -0.15) is 4.80 Å². The number of hydrogen-bond donors (Lipinski definition) is 0. The third-order valence-corrected chi connectivity index (χ3v) is 4.59. The highest BCUT2D eigenvalue weighted by Crippen LogP contribution is 2.27. The summed E-state index contributed by atoms with van der Waals surface area (Å²) < 4.78 is 0. The minimum absolute atomic E-state index is 0.0461. The Bertz CT molecular complexity index is 923. The van der Waals surface area contributed by atoms with Gasteiger partial charge in [0.2, 0.25) is 5.82 Å². The van der Waals surface area contributed by atoms with E-state index in [2.05, 4.69) is 21.5 Å². The minimum Gasteiger partial charge on any atom is -0.310 e. The Balaban J connectivity index is 1.54. The van der Waals surface area contributed by atoms with E-state index in [1.807, 2.05) is 36.4 Å². The molecule has 0 aliphatic carbocycles. The van der Waals surface area contributed by atoms with Gasteiger partial charge in [0.15, 0.2) is 0 Å². The van der Waals surface area contributed by atoms with Gasteiger partial charge >= 0.3 is 0 Å². The van der Waals surface area contributed by atoms with E-state index in [0.717, 1.165) is 18.5 Å². The Morgan fingerprint density at radius 3 is 2.80 bits per heavy atom. The third kappa shape index (κ3) is 3.13. The second-order valence-corrected chi connectivity index (χ2v) is 6.31. The second kappa shape index (κ2) is 6.64. The molecule has 3 aromatic rings. The SMILES string of the molecule is O=C(Cn1nnc(-c2ccccc2Cl)n1)N1CCCc2ccccc21. The van der Waals surface area contributed by atoms with Crippen LogP contribution >= 0.6 is 11.6 Å². The monoisotopic (exact) mass is 353 g/mol. The zero-order valence-corrected chi connectivity index (χ0v) is 14.2. The summed E-state index contributed by atoms with van der Waals surface area (Å²) in [7, 11) is 0. The molecular formula is C18H16ClN5O. The van der Waals surface area contributed by atoms with Gasteiger partial charge in [-0.3, -0.25) is 4.79 Å². The summed E-state index contributed by atoms with van der Waals surface area (Å²) >= 11 is 6.16. The first-order valence-corrected chi connectivity index (χ1v) is 8.51. The number of carbonyl (C=O) groups is 1. The number of carbonyl (C=O) groups excluding carboxylic acids is 1.